The van der Waals surface area contributed by atoms with Gasteiger partial charge in [0.15, 0.2) is 0 Å². The van der Waals surface area contributed by atoms with Gasteiger partial charge in [-0.1, -0.05) is 0 Å². The van der Waals surface area contributed by atoms with Crippen LogP contribution in [0.5, 0.6) is 0 Å². The topological polar surface area (TPSA) is 51.2 Å². The van der Waals surface area contributed by atoms with Gasteiger partial charge in [0.25, 0.3) is 0 Å². The summed E-state index contributed by atoms with van der Waals surface area (Å²) in [6.07, 6.45) is -4.42. The van der Waals surface area contributed by atoms with Crippen LogP contribution < -0.4 is 11.3 Å². The Morgan fingerprint density at radius 2 is 2.08 bits per heavy atom. The summed E-state index contributed by atoms with van der Waals surface area (Å²) < 4.78 is 40.1. The summed E-state index contributed by atoms with van der Waals surface area (Å²) in [6.45, 7) is 0.0794. The average Bonchev–Trinajstić information content (AvgIpc) is 2.35. The summed E-state index contributed by atoms with van der Waals surface area (Å²) in [7, 11) is 0. The standard InChI is InChI=1S/C6H7F3N2O/c7-6(8,9)5-2-1-4(12-5)3-11-10/h1-2,11H,3,10H2. The van der Waals surface area contributed by atoms with E-state index in [1.807, 2.05) is 0 Å². The van der Waals surface area contributed by atoms with E-state index in [-0.39, 0.29) is 12.3 Å². The molecular weight excluding hydrogens is 173 g/mol. The molecule has 0 fully saturated rings. The maximum Gasteiger partial charge on any atom is 0.449 e. The molecule has 0 unspecified atom stereocenters. The molecule has 0 aliphatic carbocycles. The molecule has 0 saturated carbocycles. The fourth-order valence-electron chi connectivity index (χ4n) is 0.726. The van der Waals surface area contributed by atoms with E-state index in [9.17, 15) is 13.2 Å². The molecule has 1 heterocycles. The van der Waals surface area contributed by atoms with Crippen molar-refractivity contribution in [2.75, 3.05) is 0 Å². The zero-order valence-corrected chi connectivity index (χ0v) is 5.98. The van der Waals surface area contributed by atoms with Crippen molar-refractivity contribution < 1.29 is 17.6 Å². The average molecular weight is 180 g/mol. The largest absolute Gasteiger partial charge is 0.455 e. The van der Waals surface area contributed by atoms with Crippen LogP contribution in [0.4, 0.5) is 13.2 Å². The Balaban J connectivity index is 2.77. The van der Waals surface area contributed by atoms with Crippen molar-refractivity contribution in [1.82, 2.24) is 5.43 Å². The molecule has 0 bridgehead atoms. The lowest BCUT2D eigenvalue weighted by Gasteiger charge is -2.00. The maximum atomic E-state index is 11.9. The Kier molecular flexibility index (Phi) is 2.39. The van der Waals surface area contributed by atoms with Crippen molar-refractivity contribution in [3.8, 4) is 0 Å². The number of nitrogens with two attached hydrogens (primary N) is 1. The molecule has 3 N–H and O–H groups in total. The maximum absolute atomic E-state index is 11.9. The highest BCUT2D eigenvalue weighted by Crippen LogP contribution is 2.30. The zero-order chi connectivity index (χ0) is 9.19. The molecule has 0 saturated heterocycles. The molecule has 1 aromatic rings. The molecule has 1 aromatic heterocycles. The van der Waals surface area contributed by atoms with Crippen molar-refractivity contribution in [1.29, 1.82) is 0 Å². The minimum Gasteiger partial charge on any atom is -0.455 e. The predicted molar refractivity (Wildman–Crippen MR) is 34.7 cm³/mol. The first-order chi connectivity index (χ1) is 5.54. The van der Waals surface area contributed by atoms with Gasteiger partial charge >= 0.3 is 6.18 Å². The SMILES string of the molecule is NNCc1ccc(C(F)(F)F)o1. The van der Waals surface area contributed by atoms with E-state index >= 15 is 0 Å². The van der Waals surface area contributed by atoms with Crippen molar-refractivity contribution >= 4 is 0 Å². The van der Waals surface area contributed by atoms with E-state index in [1.54, 1.807) is 0 Å². The summed E-state index contributed by atoms with van der Waals surface area (Å²) in [5, 5.41) is 0. The number of rotatable bonds is 2. The van der Waals surface area contributed by atoms with Gasteiger partial charge in [-0.15, -0.1) is 0 Å². The summed E-state index contributed by atoms with van der Waals surface area (Å²) in [5.74, 6) is 4.04. The van der Waals surface area contributed by atoms with E-state index < -0.39 is 11.9 Å². The minimum absolute atomic E-state index is 0.0794. The summed E-state index contributed by atoms with van der Waals surface area (Å²) in [5.41, 5.74) is 2.19. The molecule has 0 aliphatic rings. The van der Waals surface area contributed by atoms with Crippen LogP contribution >= 0.6 is 0 Å². The molecule has 3 nitrogen and oxygen atoms in total. The summed E-state index contributed by atoms with van der Waals surface area (Å²) in [6, 6.07) is 2.09. The van der Waals surface area contributed by atoms with Crippen LogP contribution in [-0.4, -0.2) is 0 Å². The number of hydrogen-bond donors (Lipinski definition) is 2. The Morgan fingerprint density at radius 1 is 1.42 bits per heavy atom. The van der Waals surface area contributed by atoms with Crippen molar-refractivity contribution in [3.63, 3.8) is 0 Å². The third-order valence-corrected chi connectivity index (χ3v) is 1.22. The number of furan rings is 1. The second kappa shape index (κ2) is 3.16. The third kappa shape index (κ3) is 1.99. The number of nitrogens with one attached hydrogen (secondary N) is 1. The summed E-state index contributed by atoms with van der Waals surface area (Å²) in [4.78, 5) is 0. The van der Waals surface area contributed by atoms with E-state index in [1.165, 1.54) is 6.07 Å². The fraction of sp³-hybridized carbons (Fsp3) is 0.333. The van der Waals surface area contributed by atoms with E-state index in [4.69, 9.17) is 5.84 Å². The number of alkyl halides is 3. The fourth-order valence-corrected chi connectivity index (χ4v) is 0.726. The van der Waals surface area contributed by atoms with Gasteiger partial charge in [0, 0.05) is 0 Å². The Hall–Kier alpha value is -1.01. The second-order valence-electron chi connectivity index (χ2n) is 2.14. The first kappa shape index (κ1) is 9.08. The van der Waals surface area contributed by atoms with Crippen LogP contribution in [-0.2, 0) is 12.7 Å². The van der Waals surface area contributed by atoms with Gasteiger partial charge in [0.1, 0.15) is 5.76 Å². The molecular formula is C6H7F3N2O. The molecule has 1 rings (SSSR count). The second-order valence-corrected chi connectivity index (χ2v) is 2.14. The first-order valence-electron chi connectivity index (χ1n) is 3.13. The van der Waals surface area contributed by atoms with Crippen LogP contribution in [0.1, 0.15) is 11.5 Å². The van der Waals surface area contributed by atoms with Gasteiger partial charge in [0.2, 0.25) is 5.76 Å². The van der Waals surface area contributed by atoms with Crippen LogP contribution in [0.3, 0.4) is 0 Å². The highest BCUT2D eigenvalue weighted by atomic mass is 19.4. The lowest BCUT2D eigenvalue weighted by Crippen LogP contribution is -2.20. The van der Waals surface area contributed by atoms with Gasteiger partial charge in [-0.05, 0) is 12.1 Å². The molecule has 0 aliphatic heterocycles. The molecule has 0 radical (unpaired) electrons. The molecule has 0 atom stereocenters. The number of halogens is 3. The van der Waals surface area contributed by atoms with Crippen LogP contribution in [0.2, 0.25) is 0 Å². The lowest BCUT2D eigenvalue weighted by molar-refractivity contribution is -0.153. The van der Waals surface area contributed by atoms with Crippen molar-refractivity contribution in [2.45, 2.75) is 12.7 Å². The van der Waals surface area contributed by atoms with Gasteiger partial charge < -0.3 is 4.42 Å². The molecule has 0 aromatic carbocycles. The van der Waals surface area contributed by atoms with E-state index in [0.717, 1.165) is 6.07 Å². The summed E-state index contributed by atoms with van der Waals surface area (Å²) >= 11 is 0. The Labute approximate surface area is 66.3 Å². The number of hydrogen-bond acceptors (Lipinski definition) is 3. The quantitative estimate of drug-likeness (QED) is 0.532. The first-order valence-corrected chi connectivity index (χ1v) is 3.13. The van der Waals surface area contributed by atoms with Crippen LogP contribution in [0, 0.1) is 0 Å². The predicted octanol–water partition coefficient (Wildman–Crippen LogP) is 1.26. The van der Waals surface area contributed by atoms with Gasteiger partial charge in [0.05, 0.1) is 6.54 Å². The molecule has 68 valence electrons. The highest BCUT2D eigenvalue weighted by Gasteiger charge is 2.34. The minimum atomic E-state index is -4.42. The van der Waals surface area contributed by atoms with E-state index in [2.05, 4.69) is 9.84 Å². The van der Waals surface area contributed by atoms with Gasteiger partial charge in [-0.3, -0.25) is 11.3 Å². The normalized spacial score (nSPS) is 12.0. The van der Waals surface area contributed by atoms with Crippen molar-refractivity contribution in [3.05, 3.63) is 23.7 Å². The highest BCUT2D eigenvalue weighted by molar-refractivity contribution is 5.09. The van der Waals surface area contributed by atoms with Crippen molar-refractivity contribution in [2.24, 2.45) is 5.84 Å². The molecule has 0 spiro atoms. The van der Waals surface area contributed by atoms with Crippen LogP contribution in [0.25, 0.3) is 0 Å². The smallest absolute Gasteiger partial charge is 0.449 e. The monoisotopic (exact) mass is 180 g/mol. The molecule has 6 heteroatoms. The Bertz CT molecular complexity index is 256. The Morgan fingerprint density at radius 3 is 2.50 bits per heavy atom. The lowest BCUT2D eigenvalue weighted by atomic mass is 10.4. The van der Waals surface area contributed by atoms with Gasteiger partial charge in [-0.2, -0.15) is 13.2 Å². The molecule has 0 amide bonds. The zero-order valence-electron chi connectivity index (χ0n) is 5.98. The third-order valence-electron chi connectivity index (χ3n) is 1.22. The molecule has 12 heavy (non-hydrogen) atoms. The number of hydrazine groups is 1. The van der Waals surface area contributed by atoms with E-state index in [0.29, 0.717) is 0 Å². The van der Waals surface area contributed by atoms with Gasteiger partial charge in [-0.25, -0.2) is 0 Å². The van der Waals surface area contributed by atoms with Crippen LogP contribution in [0.15, 0.2) is 16.5 Å².